The Kier molecular flexibility index (Phi) is 1.51. The summed E-state index contributed by atoms with van der Waals surface area (Å²) in [5, 5.41) is 2.50. The molecule has 3 heteroatoms. The van der Waals surface area contributed by atoms with E-state index in [0.29, 0.717) is 12.8 Å². The monoisotopic (exact) mass is 127 g/mol. The van der Waals surface area contributed by atoms with Crippen molar-refractivity contribution in [3.05, 3.63) is 0 Å². The van der Waals surface area contributed by atoms with Crippen molar-refractivity contribution in [3.63, 3.8) is 0 Å². The van der Waals surface area contributed by atoms with Gasteiger partial charge in [-0.2, -0.15) is 0 Å². The predicted octanol–water partition coefficient (Wildman–Crippen LogP) is -0.288. The molecule has 3 nitrogen and oxygen atoms in total. The second-order valence-corrected chi connectivity index (χ2v) is 2.26. The van der Waals surface area contributed by atoms with Crippen LogP contribution in [0.3, 0.4) is 0 Å². The second kappa shape index (κ2) is 2.17. The van der Waals surface area contributed by atoms with Gasteiger partial charge in [0.25, 0.3) is 0 Å². The summed E-state index contributed by atoms with van der Waals surface area (Å²) in [5.74, 6) is 0.167. The van der Waals surface area contributed by atoms with Gasteiger partial charge in [0, 0.05) is 19.9 Å². The van der Waals surface area contributed by atoms with Crippen molar-refractivity contribution < 1.29 is 9.59 Å². The summed E-state index contributed by atoms with van der Waals surface area (Å²) in [6, 6.07) is 0. The number of hydrogen-bond donors (Lipinski definition) is 1. The van der Waals surface area contributed by atoms with Gasteiger partial charge in [0.05, 0.1) is 5.92 Å². The van der Waals surface area contributed by atoms with Crippen molar-refractivity contribution in [1.82, 2.24) is 5.32 Å². The number of hydrogen-bond acceptors (Lipinski definition) is 2. The van der Waals surface area contributed by atoms with Crippen LogP contribution in [0.2, 0.25) is 0 Å². The smallest absolute Gasteiger partial charge is 0.223 e. The zero-order valence-electron chi connectivity index (χ0n) is 5.31. The Balaban J connectivity index is 2.31. The molecule has 1 fully saturated rings. The highest BCUT2D eigenvalue weighted by atomic mass is 16.2. The molecule has 0 aromatic heterocycles. The molecular formula is C6H9NO2. The van der Waals surface area contributed by atoms with Gasteiger partial charge in [-0.3, -0.25) is 9.59 Å². The Morgan fingerprint density at radius 3 is 2.56 bits per heavy atom. The number of ketones is 1. The molecule has 1 amide bonds. The molecule has 0 atom stereocenters. The third kappa shape index (κ3) is 1.09. The number of carbonyl (C=O) groups is 2. The fourth-order valence-corrected chi connectivity index (χ4v) is 0.879. The van der Waals surface area contributed by atoms with Gasteiger partial charge in [-0.25, -0.2) is 0 Å². The minimum Gasteiger partial charge on any atom is -0.359 e. The van der Waals surface area contributed by atoms with Crippen LogP contribution in [0.1, 0.15) is 12.8 Å². The zero-order chi connectivity index (χ0) is 6.85. The van der Waals surface area contributed by atoms with Crippen molar-refractivity contribution in [2.24, 2.45) is 5.92 Å². The minimum absolute atomic E-state index is 0.00500. The lowest BCUT2D eigenvalue weighted by Crippen LogP contribution is -2.37. The van der Waals surface area contributed by atoms with Crippen LogP contribution in [-0.2, 0) is 9.59 Å². The SMILES string of the molecule is CNC(=O)C1CC(=O)C1. The average molecular weight is 127 g/mol. The molecular weight excluding hydrogens is 118 g/mol. The molecule has 0 aliphatic heterocycles. The summed E-state index contributed by atoms with van der Waals surface area (Å²) in [6.07, 6.45) is 0.888. The van der Waals surface area contributed by atoms with Crippen molar-refractivity contribution in [1.29, 1.82) is 0 Å². The van der Waals surface area contributed by atoms with Gasteiger partial charge in [0.15, 0.2) is 0 Å². The number of nitrogens with one attached hydrogen (secondary N) is 1. The van der Waals surface area contributed by atoms with Gasteiger partial charge in [-0.15, -0.1) is 0 Å². The van der Waals surface area contributed by atoms with E-state index in [2.05, 4.69) is 5.32 Å². The summed E-state index contributed by atoms with van der Waals surface area (Å²) in [6.45, 7) is 0. The largest absolute Gasteiger partial charge is 0.359 e. The minimum atomic E-state index is -0.0255. The molecule has 1 saturated carbocycles. The molecule has 0 radical (unpaired) electrons. The predicted molar refractivity (Wildman–Crippen MR) is 31.8 cm³/mol. The molecule has 1 N–H and O–H groups in total. The van der Waals surface area contributed by atoms with Gasteiger partial charge in [-0.1, -0.05) is 0 Å². The molecule has 0 saturated heterocycles. The molecule has 1 aliphatic rings. The first-order valence-electron chi connectivity index (χ1n) is 2.97. The Bertz CT molecular complexity index is 145. The maximum atomic E-state index is 10.7. The maximum Gasteiger partial charge on any atom is 0.223 e. The first-order valence-corrected chi connectivity index (χ1v) is 2.97. The van der Waals surface area contributed by atoms with Gasteiger partial charge < -0.3 is 5.32 Å². The first-order chi connectivity index (χ1) is 4.24. The molecule has 0 aromatic carbocycles. The number of amides is 1. The third-order valence-corrected chi connectivity index (χ3v) is 1.57. The Morgan fingerprint density at radius 2 is 2.22 bits per heavy atom. The van der Waals surface area contributed by atoms with Gasteiger partial charge >= 0.3 is 0 Å². The summed E-state index contributed by atoms with van der Waals surface area (Å²) < 4.78 is 0. The van der Waals surface area contributed by atoms with E-state index in [4.69, 9.17) is 0 Å². The normalized spacial score (nSPS) is 19.0. The molecule has 1 rings (SSSR count). The molecule has 0 unspecified atom stereocenters. The van der Waals surface area contributed by atoms with E-state index in [1.807, 2.05) is 0 Å². The molecule has 0 heterocycles. The van der Waals surface area contributed by atoms with Crippen LogP contribution < -0.4 is 5.32 Å². The van der Waals surface area contributed by atoms with Crippen molar-refractivity contribution in [2.45, 2.75) is 12.8 Å². The van der Waals surface area contributed by atoms with Crippen LogP contribution in [-0.4, -0.2) is 18.7 Å². The topological polar surface area (TPSA) is 46.2 Å². The van der Waals surface area contributed by atoms with E-state index in [9.17, 15) is 9.59 Å². The van der Waals surface area contributed by atoms with E-state index in [0.717, 1.165) is 0 Å². The lowest BCUT2D eigenvalue weighted by molar-refractivity contribution is -0.137. The molecule has 0 aromatic rings. The van der Waals surface area contributed by atoms with E-state index in [-0.39, 0.29) is 17.6 Å². The number of Topliss-reactive ketones (excluding diaryl/α,β-unsaturated/α-hetero) is 1. The van der Waals surface area contributed by atoms with E-state index < -0.39 is 0 Å². The van der Waals surface area contributed by atoms with Crippen molar-refractivity contribution in [2.75, 3.05) is 7.05 Å². The lowest BCUT2D eigenvalue weighted by Gasteiger charge is -2.21. The maximum absolute atomic E-state index is 10.7. The van der Waals surface area contributed by atoms with Crippen LogP contribution in [0.25, 0.3) is 0 Å². The van der Waals surface area contributed by atoms with Crippen molar-refractivity contribution in [3.8, 4) is 0 Å². The standard InChI is InChI=1S/C6H9NO2/c1-7-6(9)4-2-5(8)3-4/h4H,2-3H2,1H3,(H,7,9). The van der Waals surface area contributed by atoms with Gasteiger partial charge in [0.2, 0.25) is 5.91 Å². The molecule has 9 heavy (non-hydrogen) atoms. The summed E-state index contributed by atoms with van der Waals surface area (Å²) >= 11 is 0. The van der Waals surface area contributed by atoms with Crippen molar-refractivity contribution >= 4 is 11.7 Å². The fourth-order valence-electron chi connectivity index (χ4n) is 0.879. The van der Waals surface area contributed by atoms with Crippen LogP contribution >= 0.6 is 0 Å². The zero-order valence-corrected chi connectivity index (χ0v) is 5.31. The van der Waals surface area contributed by atoms with Gasteiger partial charge in [-0.05, 0) is 0 Å². The second-order valence-electron chi connectivity index (χ2n) is 2.26. The first kappa shape index (κ1) is 6.26. The molecule has 50 valence electrons. The Morgan fingerprint density at radius 1 is 1.67 bits per heavy atom. The third-order valence-electron chi connectivity index (χ3n) is 1.57. The summed E-state index contributed by atoms with van der Waals surface area (Å²) in [7, 11) is 1.59. The summed E-state index contributed by atoms with van der Waals surface area (Å²) in [4.78, 5) is 21.0. The number of rotatable bonds is 1. The van der Waals surface area contributed by atoms with E-state index >= 15 is 0 Å². The fraction of sp³-hybridized carbons (Fsp3) is 0.667. The average Bonchev–Trinajstić information content (AvgIpc) is 1.79. The highest BCUT2D eigenvalue weighted by molar-refractivity contribution is 5.96. The van der Waals surface area contributed by atoms with Crippen LogP contribution in [0.4, 0.5) is 0 Å². The Labute approximate surface area is 53.4 Å². The van der Waals surface area contributed by atoms with E-state index in [1.165, 1.54) is 0 Å². The molecule has 1 aliphatic carbocycles. The highest BCUT2D eigenvalue weighted by Crippen LogP contribution is 2.22. The van der Waals surface area contributed by atoms with Crippen LogP contribution in [0, 0.1) is 5.92 Å². The number of carbonyl (C=O) groups excluding carboxylic acids is 2. The Hall–Kier alpha value is -0.860. The quantitative estimate of drug-likeness (QED) is 0.526. The molecule has 0 spiro atoms. The van der Waals surface area contributed by atoms with Gasteiger partial charge in [0.1, 0.15) is 5.78 Å². The van der Waals surface area contributed by atoms with Crippen LogP contribution in [0.5, 0.6) is 0 Å². The van der Waals surface area contributed by atoms with E-state index in [1.54, 1.807) is 7.05 Å². The summed E-state index contributed by atoms with van der Waals surface area (Å²) in [5.41, 5.74) is 0. The highest BCUT2D eigenvalue weighted by Gasteiger charge is 2.31. The lowest BCUT2D eigenvalue weighted by atomic mass is 9.83. The molecule has 0 bridgehead atoms. The van der Waals surface area contributed by atoms with Crippen LogP contribution in [0.15, 0.2) is 0 Å².